The van der Waals surface area contributed by atoms with Crippen molar-refractivity contribution in [3.05, 3.63) is 0 Å². The molecule has 0 aromatic carbocycles. The number of rotatable bonds is 26. The van der Waals surface area contributed by atoms with Gasteiger partial charge < -0.3 is 52.2 Å². The molecule has 20 nitrogen and oxygen atoms in total. The highest BCUT2D eigenvalue weighted by atomic mass is 16.5. The Bertz CT molecular complexity index is 1770. The number of esters is 1. The number of ether oxygens (including phenoxy) is 1. The Morgan fingerprint density at radius 1 is 0.466 bits per heavy atom. The van der Waals surface area contributed by atoms with Gasteiger partial charge in [0.25, 0.3) is 0 Å². The number of amides is 7. The molecular formula is C53H93N7O13. The average molecular weight is 1040 g/mol. The van der Waals surface area contributed by atoms with Crippen molar-refractivity contribution in [2.75, 3.05) is 0 Å². The lowest BCUT2D eigenvalue weighted by molar-refractivity contribution is -0.155. The quantitative estimate of drug-likeness (QED) is 0.0392. The van der Waals surface area contributed by atoms with E-state index >= 15 is 0 Å². The Morgan fingerprint density at radius 2 is 0.836 bits per heavy atom. The van der Waals surface area contributed by atoms with Crippen LogP contribution in [-0.4, -0.2) is 118 Å². The van der Waals surface area contributed by atoms with Crippen LogP contribution in [0.25, 0.3) is 0 Å². The number of carbonyl (C=O) groups excluding carboxylic acids is 8. The highest BCUT2D eigenvalue weighted by molar-refractivity contribution is 5.98. The van der Waals surface area contributed by atoms with Crippen LogP contribution in [0.3, 0.4) is 0 Å². The predicted octanol–water partition coefficient (Wildman–Crippen LogP) is 5.33. The lowest BCUT2D eigenvalue weighted by atomic mass is 9.99. The molecule has 1 aliphatic heterocycles. The molecule has 418 valence electrons. The van der Waals surface area contributed by atoms with Crippen molar-refractivity contribution in [1.29, 1.82) is 0 Å². The average Bonchev–Trinajstić information content (AvgIpc) is 3.28. The second kappa shape index (κ2) is 35.8. The second-order valence-electron chi connectivity index (χ2n) is 21.6. The topological polar surface area (TPSA) is 305 Å². The molecule has 0 bridgehead atoms. The summed E-state index contributed by atoms with van der Waals surface area (Å²) in [4.78, 5) is 135. The number of aliphatic carboxylic acids is 2. The maximum atomic E-state index is 14.2. The summed E-state index contributed by atoms with van der Waals surface area (Å²) in [7, 11) is 0. The number of nitrogens with one attached hydrogen (secondary N) is 7. The lowest BCUT2D eigenvalue weighted by Gasteiger charge is -2.28. The number of carbonyl (C=O) groups is 10. The van der Waals surface area contributed by atoms with Crippen molar-refractivity contribution in [2.45, 2.75) is 252 Å². The minimum atomic E-state index is -1.71. The monoisotopic (exact) mass is 1040 g/mol. The van der Waals surface area contributed by atoms with E-state index in [9.17, 15) is 58.2 Å². The van der Waals surface area contributed by atoms with Crippen LogP contribution in [0.4, 0.5) is 0 Å². The van der Waals surface area contributed by atoms with Crippen LogP contribution in [0.15, 0.2) is 0 Å². The zero-order valence-corrected chi connectivity index (χ0v) is 45.7. The highest BCUT2D eigenvalue weighted by Gasteiger charge is 2.36. The SMILES string of the molecule is CCCCCCCCCCCCCC[C@@H]1CC(=O)N[C@@H](CCC(=O)O)C(=O)N[C@@H](CC(C)C)C(=O)N[C@@H](CC(C)C)C(=O)N[C@@H](C)C(=O)N[C@@H](CC(=O)O)C(=O)N[C@@H](CC(C)C)C(=O)N[C@@H](CC(C)C)C(=O)O1. The van der Waals surface area contributed by atoms with Gasteiger partial charge in [0.15, 0.2) is 0 Å². The normalized spacial score (nSPS) is 23.9. The van der Waals surface area contributed by atoms with Crippen LogP contribution in [-0.2, 0) is 52.7 Å². The summed E-state index contributed by atoms with van der Waals surface area (Å²) in [5, 5.41) is 37.5. The van der Waals surface area contributed by atoms with E-state index in [2.05, 4.69) is 44.1 Å². The third-order valence-electron chi connectivity index (χ3n) is 12.5. The zero-order valence-electron chi connectivity index (χ0n) is 45.7. The summed E-state index contributed by atoms with van der Waals surface area (Å²) >= 11 is 0. The molecule has 1 heterocycles. The molecule has 0 aromatic rings. The van der Waals surface area contributed by atoms with Crippen LogP contribution >= 0.6 is 0 Å². The molecule has 73 heavy (non-hydrogen) atoms. The van der Waals surface area contributed by atoms with Crippen LogP contribution in [0.1, 0.15) is 204 Å². The van der Waals surface area contributed by atoms with Gasteiger partial charge in [-0.15, -0.1) is 0 Å². The predicted molar refractivity (Wildman–Crippen MR) is 276 cm³/mol. The van der Waals surface area contributed by atoms with E-state index in [1.54, 1.807) is 41.5 Å². The van der Waals surface area contributed by atoms with Crippen molar-refractivity contribution >= 4 is 59.3 Å². The summed E-state index contributed by atoms with van der Waals surface area (Å²) in [5.41, 5.74) is 0. The fourth-order valence-electron chi connectivity index (χ4n) is 8.60. The summed E-state index contributed by atoms with van der Waals surface area (Å²) in [6, 6.07) is -9.62. The number of hydrogen-bond acceptors (Lipinski definition) is 11. The second-order valence-corrected chi connectivity index (χ2v) is 21.6. The molecule has 7 amide bonds. The molecule has 1 fully saturated rings. The van der Waals surface area contributed by atoms with Crippen LogP contribution in [0.2, 0.25) is 0 Å². The molecule has 0 unspecified atom stereocenters. The first kappa shape index (κ1) is 65.7. The van der Waals surface area contributed by atoms with Crippen molar-refractivity contribution < 1.29 is 62.9 Å². The summed E-state index contributed by atoms with van der Waals surface area (Å²) < 4.78 is 6.04. The van der Waals surface area contributed by atoms with Crippen LogP contribution < -0.4 is 37.2 Å². The molecule has 0 aromatic heterocycles. The number of carboxylic acid groups (broad SMARTS) is 2. The standard InChI is InChI=1S/C53H93N7O13/c1-11-12-13-14-15-16-17-18-19-20-21-22-23-37-30-44(61)55-38(24-25-45(62)63)48(67)57-40(27-33(4)5)50(69)58-39(26-32(2)3)49(68)54-36(10)47(66)56-42(31-46(64)65)52(71)59-41(28-34(6)7)51(70)60-43(29-35(8)9)53(72)73-37/h32-43H,11-31H2,1-10H3,(H,54,68)(H,55,61)(H,56,66)(H,57,67)(H,58,69)(H,59,71)(H,60,70)(H,62,63)(H,64,65)/t36-,37+,38-,39-,40-,41-,42-,43-/m0/s1. The highest BCUT2D eigenvalue weighted by Crippen LogP contribution is 2.19. The Kier molecular flexibility index (Phi) is 32.2. The fourth-order valence-corrected chi connectivity index (χ4v) is 8.60. The van der Waals surface area contributed by atoms with Gasteiger partial charge in [-0.1, -0.05) is 133 Å². The van der Waals surface area contributed by atoms with E-state index in [1.165, 1.54) is 45.4 Å². The molecule has 0 saturated carbocycles. The number of carboxylic acids is 2. The smallest absolute Gasteiger partial charge is 0.328 e. The van der Waals surface area contributed by atoms with Gasteiger partial charge >= 0.3 is 17.9 Å². The van der Waals surface area contributed by atoms with Crippen molar-refractivity contribution in [1.82, 2.24) is 37.2 Å². The molecule has 1 aliphatic rings. The van der Waals surface area contributed by atoms with Crippen LogP contribution in [0.5, 0.6) is 0 Å². The summed E-state index contributed by atoms with van der Waals surface area (Å²) in [6.45, 7) is 17.9. The van der Waals surface area contributed by atoms with Crippen LogP contribution in [0, 0.1) is 23.7 Å². The molecular weight excluding hydrogens is 943 g/mol. The number of hydrogen-bond donors (Lipinski definition) is 9. The Labute approximate surface area is 434 Å². The van der Waals surface area contributed by atoms with Gasteiger partial charge in [-0.2, -0.15) is 0 Å². The van der Waals surface area contributed by atoms with Crippen molar-refractivity contribution in [3.63, 3.8) is 0 Å². The van der Waals surface area contributed by atoms with E-state index in [1.807, 2.05) is 13.8 Å². The third-order valence-corrected chi connectivity index (χ3v) is 12.5. The summed E-state index contributed by atoms with van der Waals surface area (Å²) in [6.07, 6.45) is 10.2. The molecule has 1 rings (SSSR count). The van der Waals surface area contributed by atoms with Crippen molar-refractivity contribution in [3.8, 4) is 0 Å². The van der Waals surface area contributed by atoms with Crippen molar-refractivity contribution in [2.24, 2.45) is 23.7 Å². The molecule has 8 atom stereocenters. The first-order valence-electron chi connectivity index (χ1n) is 27.1. The van der Waals surface area contributed by atoms with E-state index in [4.69, 9.17) is 4.74 Å². The van der Waals surface area contributed by atoms with E-state index < -0.39 is 127 Å². The largest absolute Gasteiger partial charge is 0.481 e. The lowest BCUT2D eigenvalue weighted by Crippen LogP contribution is -2.60. The molecule has 9 N–H and O–H groups in total. The van der Waals surface area contributed by atoms with Gasteiger partial charge in [-0.25, -0.2) is 4.79 Å². The van der Waals surface area contributed by atoms with Gasteiger partial charge in [-0.3, -0.25) is 43.2 Å². The van der Waals surface area contributed by atoms with Gasteiger partial charge in [0.05, 0.1) is 12.8 Å². The third kappa shape index (κ3) is 29.3. The molecule has 20 heteroatoms. The minimum Gasteiger partial charge on any atom is -0.481 e. The Hall–Kier alpha value is -5.30. The Morgan fingerprint density at radius 3 is 1.26 bits per heavy atom. The molecule has 0 spiro atoms. The maximum absolute atomic E-state index is 14.2. The molecule has 0 radical (unpaired) electrons. The van der Waals surface area contributed by atoms with Gasteiger partial charge in [-0.05, 0) is 75.5 Å². The van der Waals surface area contributed by atoms with E-state index in [0.717, 1.165) is 32.1 Å². The zero-order chi connectivity index (χ0) is 55.2. The van der Waals surface area contributed by atoms with E-state index in [-0.39, 0.29) is 62.2 Å². The number of cyclic esters (lactones) is 1. The van der Waals surface area contributed by atoms with Gasteiger partial charge in [0.1, 0.15) is 48.4 Å². The minimum absolute atomic E-state index is 0.0422. The van der Waals surface area contributed by atoms with E-state index in [0.29, 0.717) is 6.42 Å². The summed E-state index contributed by atoms with van der Waals surface area (Å²) in [5.74, 6) is -10.2. The molecule has 1 saturated heterocycles. The first-order valence-corrected chi connectivity index (χ1v) is 27.1. The van der Waals surface area contributed by atoms with Gasteiger partial charge in [0.2, 0.25) is 41.4 Å². The number of unbranched alkanes of at least 4 members (excludes halogenated alkanes) is 11. The fraction of sp³-hybridized carbons (Fsp3) is 0.811. The Balaban J connectivity index is 3.80. The maximum Gasteiger partial charge on any atom is 0.328 e. The molecule has 0 aliphatic carbocycles. The first-order chi connectivity index (χ1) is 34.3. The van der Waals surface area contributed by atoms with Gasteiger partial charge in [0, 0.05) is 6.42 Å².